The smallest absolute Gasteiger partial charge is 0.138 e. The van der Waals surface area contributed by atoms with Crippen molar-refractivity contribution in [1.29, 1.82) is 0 Å². The molecule has 0 atom stereocenters. The highest BCUT2D eigenvalue weighted by molar-refractivity contribution is 5.59. The number of aromatic nitrogens is 2. The number of anilines is 2. The van der Waals surface area contributed by atoms with Crippen LogP contribution >= 0.6 is 0 Å². The van der Waals surface area contributed by atoms with E-state index < -0.39 is 0 Å². The molecule has 0 saturated heterocycles. The maximum Gasteiger partial charge on any atom is 0.138 e. The predicted molar refractivity (Wildman–Crippen MR) is 87.8 cm³/mol. The van der Waals surface area contributed by atoms with Gasteiger partial charge in [-0.25, -0.2) is 9.97 Å². The van der Waals surface area contributed by atoms with E-state index in [0.29, 0.717) is 6.04 Å². The van der Waals surface area contributed by atoms with Gasteiger partial charge in [-0.2, -0.15) is 0 Å². The molecule has 1 aromatic rings. The van der Waals surface area contributed by atoms with E-state index in [-0.39, 0.29) is 5.41 Å². The first-order chi connectivity index (χ1) is 9.22. The third kappa shape index (κ3) is 3.62. The van der Waals surface area contributed by atoms with Crippen molar-refractivity contribution in [1.82, 2.24) is 9.97 Å². The van der Waals surface area contributed by atoms with Crippen LogP contribution in [0.4, 0.5) is 11.6 Å². The summed E-state index contributed by atoms with van der Waals surface area (Å²) < 4.78 is 0. The van der Waals surface area contributed by atoms with Crippen molar-refractivity contribution in [2.75, 3.05) is 23.8 Å². The van der Waals surface area contributed by atoms with Gasteiger partial charge >= 0.3 is 0 Å². The normalized spacial score (nSPS) is 11.8. The van der Waals surface area contributed by atoms with Crippen LogP contribution in [-0.4, -0.2) is 29.6 Å². The van der Waals surface area contributed by atoms with Crippen LogP contribution in [0.15, 0.2) is 0 Å². The number of rotatable bonds is 5. The second-order valence-corrected chi connectivity index (χ2v) is 6.63. The molecule has 0 aliphatic carbocycles. The van der Waals surface area contributed by atoms with Crippen LogP contribution < -0.4 is 10.2 Å². The third-order valence-electron chi connectivity index (χ3n) is 3.39. The van der Waals surface area contributed by atoms with E-state index in [1.165, 1.54) is 0 Å². The zero-order valence-corrected chi connectivity index (χ0v) is 14.3. The zero-order valence-electron chi connectivity index (χ0n) is 14.3. The average molecular weight is 278 g/mol. The Morgan fingerprint density at radius 2 is 1.80 bits per heavy atom. The fourth-order valence-electron chi connectivity index (χ4n) is 2.21. The molecular formula is C16H30N4. The van der Waals surface area contributed by atoms with Gasteiger partial charge in [-0.15, -0.1) is 0 Å². The van der Waals surface area contributed by atoms with Gasteiger partial charge in [0.25, 0.3) is 0 Å². The first-order valence-corrected chi connectivity index (χ1v) is 7.55. The number of nitrogens with zero attached hydrogens (tertiary/aromatic N) is 3. The Labute approximate surface area is 124 Å². The van der Waals surface area contributed by atoms with Gasteiger partial charge in [-0.05, 0) is 27.2 Å². The molecule has 0 aliphatic rings. The Bertz CT molecular complexity index is 447. The molecule has 1 aromatic heterocycles. The molecule has 0 aliphatic heterocycles. The molecule has 0 bridgehead atoms. The van der Waals surface area contributed by atoms with Gasteiger partial charge in [-0.3, -0.25) is 0 Å². The van der Waals surface area contributed by atoms with Crippen molar-refractivity contribution in [2.24, 2.45) is 0 Å². The maximum absolute atomic E-state index is 4.87. The van der Waals surface area contributed by atoms with Crippen molar-refractivity contribution in [3.05, 3.63) is 11.4 Å². The number of hydrogen-bond donors (Lipinski definition) is 1. The number of hydrogen-bond acceptors (Lipinski definition) is 4. The van der Waals surface area contributed by atoms with Gasteiger partial charge in [-0.1, -0.05) is 27.7 Å². The molecule has 1 N–H and O–H groups in total. The fraction of sp³-hybridized carbons (Fsp3) is 0.750. The van der Waals surface area contributed by atoms with E-state index >= 15 is 0 Å². The second kappa shape index (κ2) is 6.42. The summed E-state index contributed by atoms with van der Waals surface area (Å²) in [5, 5.41) is 3.21. The summed E-state index contributed by atoms with van der Waals surface area (Å²) in [4.78, 5) is 11.9. The monoisotopic (exact) mass is 278 g/mol. The van der Waals surface area contributed by atoms with Crippen molar-refractivity contribution in [3.63, 3.8) is 0 Å². The third-order valence-corrected chi connectivity index (χ3v) is 3.39. The Hall–Kier alpha value is -1.32. The van der Waals surface area contributed by atoms with E-state index in [4.69, 9.17) is 4.98 Å². The Kier molecular flexibility index (Phi) is 5.37. The SMILES string of the molecule is CCCN(c1nc(C(C)(C)C)nc(NC)c1C)C(C)C. The Morgan fingerprint density at radius 1 is 1.20 bits per heavy atom. The molecule has 4 nitrogen and oxygen atoms in total. The highest BCUT2D eigenvalue weighted by atomic mass is 15.2. The Balaban J connectivity index is 3.43. The summed E-state index contributed by atoms with van der Waals surface area (Å²) in [7, 11) is 1.92. The van der Waals surface area contributed by atoms with Crippen LogP contribution in [-0.2, 0) is 5.41 Å². The molecule has 0 radical (unpaired) electrons. The van der Waals surface area contributed by atoms with Crippen molar-refractivity contribution in [2.45, 2.75) is 66.3 Å². The van der Waals surface area contributed by atoms with E-state index in [0.717, 1.165) is 36.0 Å². The summed E-state index contributed by atoms with van der Waals surface area (Å²) in [5.41, 5.74) is 1.07. The minimum atomic E-state index is -0.0527. The molecule has 0 spiro atoms. The molecular weight excluding hydrogens is 248 g/mol. The van der Waals surface area contributed by atoms with Crippen LogP contribution in [0.3, 0.4) is 0 Å². The standard InChI is InChI=1S/C16H30N4/c1-9-10-20(11(2)3)14-12(4)13(17-8)18-15(19-14)16(5,6)7/h11H,9-10H2,1-8H3,(H,17,18,19). The van der Waals surface area contributed by atoms with Crippen LogP contribution in [0.25, 0.3) is 0 Å². The molecule has 0 amide bonds. The topological polar surface area (TPSA) is 41.1 Å². The van der Waals surface area contributed by atoms with E-state index in [9.17, 15) is 0 Å². The van der Waals surface area contributed by atoms with Gasteiger partial charge in [0.1, 0.15) is 17.5 Å². The van der Waals surface area contributed by atoms with Crippen LogP contribution in [0.5, 0.6) is 0 Å². The lowest BCUT2D eigenvalue weighted by molar-refractivity contribution is 0.541. The minimum absolute atomic E-state index is 0.0527. The maximum atomic E-state index is 4.87. The van der Waals surface area contributed by atoms with Gasteiger partial charge in [0, 0.05) is 30.6 Å². The number of nitrogens with one attached hydrogen (secondary N) is 1. The second-order valence-electron chi connectivity index (χ2n) is 6.63. The summed E-state index contributed by atoms with van der Waals surface area (Å²) in [5.74, 6) is 2.89. The van der Waals surface area contributed by atoms with Crippen molar-refractivity contribution >= 4 is 11.6 Å². The molecule has 4 heteroatoms. The van der Waals surface area contributed by atoms with Crippen LogP contribution in [0, 0.1) is 6.92 Å². The molecule has 114 valence electrons. The molecule has 20 heavy (non-hydrogen) atoms. The van der Waals surface area contributed by atoms with Gasteiger partial charge < -0.3 is 10.2 Å². The lowest BCUT2D eigenvalue weighted by Gasteiger charge is -2.31. The molecule has 0 unspecified atom stereocenters. The molecule has 0 saturated carbocycles. The molecule has 1 heterocycles. The highest BCUT2D eigenvalue weighted by Crippen LogP contribution is 2.29. The van der Waals surface area contributed by atoms with E-state index in [2.05, 4.69) is 63.7 Å². The van der Waals surface area contributed by atoms with Gasteiger partial charge in [0.2, 0.25) is 0 Å². The van der Waals surface area contributed by atoms with Gasteiger partial charge in [0.15, 0.2) is 0 Å². The molecule has 0 aromatic carbocycles. The lowest BCUT2D eigenvalue weighted by atomic mass is 9.95. The molecule has 1 rings (SSSR count). The van der Waals surface area contributed by atoms with E-state index in [1.54, 1.807) is 0 Å². The van der Waals surface area contributed by atoms with Crippen molar-refractivity contribution in [3.8, 4) is 0 Å². The average Bonchev–Trinajstić information content (AvgIpc) is 2.35. The van der Waals surface area contributed by atoms with Crippen LogP contribution in [0.1, 0.15) is 59.4 Å². The minimum Gasteiger partial charge on any atom is -0.373 e. The van der Waals surface area contributed by atoms with Gasteiger partial charge in [0.05, 0.1) is 0 Å². The first kappa shape index (κ1) is 16.7. The first-order valence-electron chi connectivity index (χ1n) is 7.55. The van der Waals surface area contributed by atoms with E-state index in [1.807, 2.05) is 7.05 Å². The molecule has 0 fully saturated rings. The summed E-state index contributed by atoms with van der Waals surface area (Å²) in [6, 6.07) is 0.432. The largest absolute Gasteiger partial charge is 0.373 e. The summed E-state index contributed by atoms with van der Waals surface area (Å²) in [6.07, 6.45) is 1.11. The fourth-order valence-corrected chi connectivity index (χ4v) is 2.21. The van der Waals surface area contributed by atoms with Crippen molar-refractivity contribution < 1.29 is 0 Å². The predicted octanol–water partition coefficient (Wildman–Crippen LogP) is 3.75. The quantitative estimate of drug-likeness (QED) is 0.890. The summed E-state index contributed by atoms with van der Waals surface area (Å²) >= 11 is 0. The Morgan fingerprint density at radius 3 is 2.20 bits per heavy atom. The van der Waals surface area contributed by atoms with Crippen LogP contribution in [0.2, 0.25) is 0 Å². The summed E-state index contributed by atoms with van der Waals surface area (Å²) in [6.45, 7) is 16.2. The zero-order chi connectivity index (χ0) is 15.5. The lowest BCUT2D eigenvalue weighted by Crippen LogP contribution is -2.34. The highest BCUT2D eigenvalue weighted by Gasteiger charge is 2.23.